The maximum Gasteiger partial charge on any atom is 0.0742 e. The Kier molecular flexibility index (Phi) is 2.96. The average molecular weight is 237 g/mol. The summed E-state index contributed by atoms with van der Waals surface area (Å²) in [5.41, 5.74) is 8.91. The number of hydrogen-bond acceptors (Lipinski definition) is 3. The van der Waals surface area contributed by atoms with Crippen molar-refractivity contribution in [1.29, 1.82) is 0 Å². The van der Waals surface area contributed by atoms with Crippen molar-refractivity contribution in [3.05, 3.63) is 43.3 Å². The Morgan fingerprint density at radius 1 is 1.20 bits per heavy atom. The number of hydrogen-bond donors (Lipinski definition) is 1. The van der Waals surface area contributed by atoms with Gasteiger partial charge in [-0.25, -0.2) is 0 Å². The van der Waals surface area contributed by atoms with Gasteiger partial charge in [0.2, 0.25) is 0 Å². The van der Waals surface area contributed by atoms with Gasteiger partial charge in [-0.05, 0) is 49.4 Å². The molecule has 0 aliphatic heterocycles. The molecule has 0 saturated carbocycles. The molecule has 2 aromatic heterocycles. The molecule has 1 unspecified atom stereocenters. The fourth-order valence-electron chi connectivity index (χ4n) is 1.59. The van der Waals surface area contributed by atoms with Crippen LogP contribution in [0.4, 0.5) is 0 Å². The quantitative estimate of drug-likeness (QED) is 0.845. The molecule has 0 saturated heterocycles. The lowest BCUT2D eigenvalue weighted by Gasteiger charge is -2.08. The van der Waals surface area contributed by atoms with Gasteiger partial charge in [0.1, 0.15) is 0 Å². The summed E-state index contributed by atoms with van der Waals surface area (Å²) in [6.07, 6.45) is 0. The van der Waals surface area contributed by atoms with Crippen LogP contribution >= 0.6 is 22.7 Å². The third kappa shape index (κ3) is 2.00. The summed E-state index contributed by atoms with van der Waals surface area (Å²) in [6.45, 7) is 6.42. The largest absolute Gasteiger partial charge is 0.319 e. The van der Waals surface area contributed by atoms with E-state index in [9.17, 15) is 0 Å². The van der Waals surface area contributed by atoms with Crippen LogP contribution in [0.15, 0.2) is 17.5 Å². The van der Waals surface area contributed by atoms with Gasteiger partial charge < -0.3 is 5.73 Å². The molecule has 0 spiro atoms. The Morgan fingerprint density at radius 3 is 2.40 bits per heavy atom. The molecule has 15 heavy (non-hydrogen) atoms. The van der Waals surface area contributed by atoms with E-state index in [0.717, 1.165) is 0 Å². The van der Waals surface area contributed by atoms with E-state index in [1.165, 1.54) is 25.8 Å². The van der Waals surface area contributed by atoms with Crippen LogP contribution in [0, 0.1) is 20.8 Å². The second-order valence-electron chi connectivity index (χ2n) is 3.83. The molecule has 0 aromatic carbocycles. The highest BCUT2D eigenvalue weighted by Crippen LogP contribution is 2.32. The Labute approximate surface area is 98.6 Å². The Hall–Kier alpha value is -0.640. The molecule has 2 rings (SSSR count). The van der Waals surface area contributed by atoms with Crippen molar-refractivity contribution < 1.29 is 0 Å². The molecule has 80 valence electrons. The van der Waals surface area contributed by atoms with E-state index in [0.29, 0.717) is 0 Å². The van der Waals surface area contributed by atoms with Crippen molar-refractivity contribution >= 4 is 22.7 Å². The van der Waals surface area contributed by atoms with E-state index in [2.05, 4.69) is 38.3 Å². The highest BCUT2D eigenvalue weighted by atomic mass is 32.1. The topological polar surface area (TPSA) is 26.0 Å². The van der Waals surface area contributed by atoms with Crippen LogP contribution in [0.5, 0.6) is 0 Å². The lowest BCUT2D eigenvalue weighted by molar-refractivity contribution is 0.907. The molecule has 0 amide bonds. The zero-order valence-corrected chi connectivity index (χ0v) is 10.8. The first-order valence-electron chi connectivity index (χ1n) is 4.96. The fourth-order valence-corrected chi connectivity index (χ4v) is 3.66. The van der Waals surface area contributed by atoms with Crippen LogP contribution in [0.3, 0.4) is 0 Å². The van der Waals surface area contributed by atoms with Crippen molar-refractivity contribution in [2.45, 2.75) is 26.8 Å². The molecule has 3 heteroatoms. The van der Waals surface area contributed by atoms with Gasteiger partial charge in [-0.3, -0.25) is 0 Å². The second kappa shape index (κ2) is 4.08. The van der Waals surface area contributed by atoms with E-state index >= 15 is 0 Å². The summed E-state index contributed by atoms with van der Waals surface area (Å²) in [5.74, 6) is 0. The first-order chi connectivity index (χ1) is 7.09. The highest BCUT2D eigenvalue weighted by molar-refractivity contribution is 7.13. The van der Waals surface area contributed by atoms with E-state index in [-0.39, 0.29) is 6.04 Å². The molecule has 2 N–H and O–H groups in total. The smallest absolute Gasteiger partial charge is 0.0742 e. The zero-order valence-electron chi connectivity index (χ0n) is 9.20. The molecular weight excluding hydrogens is 222 g/mol. The minimum Gasteiger partial charge on any atom is -0.319 e. The summed E-state index contributed by atoms with van der Waals surface area (Å²) in [5, 5.41) is 2.11. The van der Waals surface area contributed by atoms with Crippen LogP contribution in [0.1, 0.15) is 31.8 Å². The summed E-state index contributed by atoms with van der Waals surface area (Å²) >= 11 is 3.56. The maximum atomic E-state index is 6.26. The van der Waals surface area contributed by atoms with Gasteiger partial charge in [0.25, 0.3) is 0 Å². The summed E-state index contributed by atoms with van der Waals surface area (Å²) in [4.78, 5) is 3.93. The third-order valence-corrected chi connectivity index (χ3v) is 5.01. The summed E-state index contributed by atoms with van der Waals surface area (Å²) in [6, 6.07) is 4.40. The van der Waals surface area contributed by atoms with Gasteiger partial charge in [-0.1, -0.05) is 0 Å². The lowest BCUT2D eigenvalue weighted by atomic mass is 10.1. The van der Waals surface area contributed by atoms with Crippen molar-refractivity contribution in [3.63, 3.8) is 0 Å². The minimum absolute atomic E-state index is 0.0578. The van der Waals surface area contributed by atoms with Gasteiger partial charge in [-0.15, -0.1) is 22.7 Å². The van der Waals surface area contributed by atoms with Crippen LogP contribution in [-0.4, -0.2) is 0 Å². The van der Waals surface area contributed by atoms with Crippen molar-refractivity contribution in [2.75, 3.05) is 0 Å². The summed E-state index contributed by atoms with van der Waals surface area (Å²) < 4.78 is 0. The predicted molar refractivity (Wildman–Crippen MR) is 68.9 cm³/mol. The molecule has 1 nitrogen and oxygen atoms in total. The predicted octanol–water partition coefficient (Wildman–Crippen LogP) is 3.78. The molecule has 2 aromatic rings. The fraction of sp³-hybridized carbons (Fsp3) is 0.333. The first kappa shape index (κ1) is 10.9. The molecule has 0 fully saturated rings. The number of aryl methyl sites for hydroxylation is 3. The van der Waals surface area contributed by atoms with Crippen LogP contribution < -0.4 is 5.73 Å². The number of nitrogens with two attached hydrogens (primary N) is 1. The van der Waals surface area contributed by atoms with Gasteiger partial charge in [-0.2, -0.15) is 0 Å². The van der Waals surface area contributed by atoms with Gasteiger partial charge >= 0.3 is 0 Å². The van der Waals surface area contributed by atoms with Crippen LogP contribution in [0.2, 0.25) is 0 Å². The molecule has 1 atom stereocenters. The third-order valence-electron chi connectivity index (χ3n) is 2.68. The molecule has 2 heterocycles. The van der Waals surface area contributed by atoms with Gasteiger partial charge in [0.15, 0.2) is 0 Å². The molecule has 0 aliphatic rings. The molecule has 0 radical (unpaired) electrons. The van der Waals surface area contributed by atoms with E-state index in [1.54, 1.807) is 11.3 Å². The van der Waals surface area contributed by atoms with Gasteiger partial charge in [0.05, 0.1) is 6.04 Å². The van der Waals surface area contributed by atoms with Crippen LogP contribution in [-0.2, 0) is 0 Å². The maximum absolute atomic E-state index is 6.26. The van der Waals surface area contributed by atoms with E-state index in [1.807, 2.05) is 11.3 Å². The minimum atomic E-state index is 0.0578. The highest BCUT2D eigenvalue weighted by Gasteiger charge is 2.15. The molecule has 0 bridgehead atoms. The van der Waals surface area contributed by atoms with Gasteiger partial charge in [0, 0.05) is 14.6 Å². The van der Waals surface area contributed by atoms with Crippen molar-refractivity contribution in [1.82, 2.24) is 0 Å². The monoisotopic (exact) mass is 237 g/mol. The SMILES string of the molecule is Cc1cc(C(N)c2sccc2C)sc1C. The average Bonchev–Trinajstić information content (AvgIpc) is 2.74. The normalized spacial score (nSPS) is 13.1. The second-order valence-corrected chi connectivity index (χ2v) is 6.07. The molecule has 0 aliphatic carbocycles. The lowest BCUT2D eigenvalue weighted by Crippen LogP contribution is -2.09. The summed E-state index contributed by atoms with van der Waals surface area (Å²) in [7, 11) is 0. The van der Waals surface area contributed by atoms with Crippen molar-refractivity contribution in [2.24, 2.45) is 5.73 Å². The van der Waals surface area contributed by atoms with Crippen LogP contribution in [0.25, 0.3) is 0 Å². The molecular formula is C12H15NS2. The first-order valence-corrected chi connectivity index (χ1v) is 6.65. The van der Waals surface area contributed by atoms with E-state index in [4.69, 9.17) is 5.73 Å². The Bertz CT molecular complexity index is 448. The van der Waals surface area contributed by atoms with Crippen molar-refractivity contribution in [3.8, 4) is 0 Å². The standard InChI is InChI=1S/C12H15NS2/c1-7-4-5-14-12(7)11(13)10-6-8(2)9(3)15-10/h4-6,11H,13H2,1-3H3. The Balaban J connectivity index is 2.36. The number of rotatable bonds is 2. The Morgan fingerprint density at radius 2 is 1.93 bits per heavy atom. The number of thiophene rings is 2. The van der Waals surface area contributed by atoms with E-state index < -0.39 is 0 Å². The zero-order chi connectivity index (χ0) is 11.0.